The van der Waals surface area contributed by atoms with E-state index in [4.69, 9.17) is 11.6 Å². The molecule has 0 unspecified atom stereocenters. The van der Waals surface area contributed by atoms with Crippen LogP contribution < -0.4 is 9.62 Å². The second kappa shape index (κ2) is 10.3. The molecule has 1 N–H and O–H groups in total. The molecule has 8 nitrogen and oxygen atoms in total. The van der Waals surface area contributed by atoms with E-state index < -0.39 is 27.4 Å². The lowest BCUT2D eigenvalue weighted by atomic mass is 10.1. The Kier molecular flexibility index (Phi) is 7.45. The Morgan fingerprint density at radius 1 is 0.969 bits per heavy atom. The summed E-state index contributed by atoms with van der Waals surface area (Å²) in [6, 6.07) is 19.9. The summed E-state index contributed by atoms with van der Waals surface area (Å²) < 4.78 is 27.4. The van der Waals surface area contributed by atoms with E-state index in [0.29, 0.717) is 18.0 Å². The molecule has 0 fully saturated rings. The molecule has 3 aromatic rings. The van der Waals surface area contributed by atoms with Crippen molar-refractivity contribution in [3.8, 4) is 0 Å². The molecule has 0 aliphatic rings. The van der Waals surface area contributed by atoms with Gasteiger partial charge in [0.1, 0.15) is 6.54 Å². The van der Waals surface area contributed by atoms with Crippen molar-refractivity contribution in [3.63, 3.8) is 0 Å². The summed E-state index contributed by atoms with van der Waals surface area (Å²) in [5.74, 6) is -0.503. The molecule has 166 valence electrons. The topological polar surface area (TPSA) is 110 Å². The second-order valence-electron chi connectivity index (χ2n) is 6.82. The molecule has 0 saturated heterocycles. The van der Waals surface area contributed by atoms with E-state index >= 15 is 0 Å². The van der Waals surface area contributed by atoms with Gasteiger partial charge in [-0.3, -0.25) is 19.2 Å². The van der Waals surface area contributed by atoms with Crippen molar-refractivity contribution >= 4 is 38.9 Å². The molecule has 0 spiro atoms. The first-order valence-electron chi connectivity index (χ1n) is 9.61. The van der Waals surface area contributed by atoms with Crippen molar-refractivity contribution in [1.82, 2.24) is 5.32 Å². The standard InChI is InChI=1S/C22H20ClN3O5S/c23-18-8-6-17(7-9-18)14-15-24-22(27)16-25(19-10-12-20(13-11-19)26(28)29)32(30,31)21-4-2-1-3-5-21/h1-13H,14-16H2,(H,24,27). The van der Waals surface area contributed by atoms with Crippen LogP contribution in [-0.2, 0) is 21.2 Å². The van der Waals surface area contributed by atoms with Crippen LogP contribution in [0.5, 0.6) is 0 Å². The summed E-state index contributed by atoms with van der Waals surface area (Å²) in [6.07, 6.45) is 0.547. The molecule has 0 bridgehead atoms. The Hall–Kier alpha value is -3.43. The maximum atomic E-state index is 13.2. The number of anilines is 1. The Morgan fingerprint density at radius 2 is 1.59 bits per heavy atom. The van der Waals surface area contributed by atoms with Gasteiger partial charge in [0.2, 0.25) is 5.91 Å². The van der Waals surface area contributed by atoms with Gasteiger partial charge < -0.3 is 5.32 Å². The van der Waals surface area contributed by atoms with E-state index in [0.717, 1.165) is 9.87 Å². The molecule has 10 heteroatoms. The van der Waals surface area contributed by atoms with Crippen LogP contribution >= 0.6 is 11.6 Å². The number of benzene rings is 3. The highest BCUT2D eigenvalue weighted by Gasteiger charge is 2.27. The minimum absolute atomic E-state index is 0.00678. The van der Waals surface area contributed by atoms with Crippen LogP contribution in [-0.4, -0.2) is 32.3 Å². The van der Waals surface area contributed by atoms with Crippen LogP contribution in [0.4, 0.5) is 11.4 Å². The van der Waals surface area contributed by atoms with Gasteiger partial charge in [-0.15, -0.1) is 0 Å². The van der Waals surface area contributed by atoms with E-state index in [1.54, 1.807) is 30.3 Å². The number of hydrogen-bond donors (Lipinski definition) is 1. The minimum atomic E-state index is -4.08. The van der Waals surface area contributed by atoms with Crippen molar-refractivity contribution in [3.05, 3.63) is 99.6 Å². The average molecular weight is 474 g/mol. The lowest BCUT2D eigenvalue weighted by Crippen LogP contribution is -2.41. The van der Waals surface area contributed by atoms with E-state index in [9.17, 15) is 23.3 Å². The van der Waals surface area contributed by atoms with Crippen LogP contribution in [0.15, 0.2) is 83.8 Å². The Labute approximate surface area is 190 Å². The highest BCUT2D eigenvalue weighted by molar-refractivity contribution is 7.92. The lowest BCUT2D eigenvalue weighted by molar-refractivity contribution is -0.384. The summed E-state index contributed by atoms with van der Waals surface area (Å²) >= 11 is 5.86. The van der Waals surface area contributed by atoms with Gasteiger partial charge in [-0.05, 0) is 48.4 Å². The number of carbonyl (C=O) groups excluding carboxylic acids is 1. The molecule has 0 aromatic heterocycles. The summed E-state index contributed by atoms with van der Waals surface area (Å²) in [4.78, 5) is 22.9. The van der Waals surface area contributed by atoms with Gasteiger partial charge in [-0.25, -0.2) is 8.42 Å². The third-order valence-electron chi connectivity index (χ3n) is 4.62. The van der Waals surface area contributed by atoms with Crippen LogP contribution in [0.2, 0.25) is 5.02 Å². The number of non-ortho nitro benzene ring substituents is 1. The fraction of sp³-hybridized carbons (Fsp3) is 0.136. The normalized spacial score (nSPS) is 11.0. The number of nitrogens with one attached hydrogen (secondary N) is 1. The van der Waals surface area contributed by atoms with Gasteiger partial charge in [0, 0.05) is 23.7 Å². The number of nitro groups is 1. The van der Waals surface area contributed by atoms with E-state index in [2.05, 4.69) is 5.32 Å². The van der Waals surface area contributed by atoms with E-state index in [-0.39, 0.29) is 16.3 Å². The first kappa shape index (κ1) is 23.2. The van der Waals surface area contributed by atoms with Gasteiger partial charge >= 0.3 is 0 Å². The first-order valence-corrected chi connectivity index (χ1v) is 11.4. The van der Waals surface area contributed by atoms with Gasteiger partial charge in [-0.1, -0.05) is 41.9 Å². The fourth-order valence-electron chi connectivity index (χ4n) is 2.96. The molecule has 0 aliphatic heterocycles. The Morgan fingerprint density at radius 3 is 2.19 bits per heavy atom. The molecule has 0 saturated carbocycles. The van der Waals surface area contributed by atoms with Crippen molar-refractivity contribution in [2.75, 3.05) is 17.4 Å². The zero-order valence-corrected chi connectivity index (χ0v) is 18.4. The molecular weight excluding hydrogens is 454 g/mol. The van der Waals surface area contributed by atoms with Crippen molar-refractivity contribution in [2.24, 2.45) is 0 Å². The maximum absolute atomic E-state index is 13.2. The van der Waals surface area contributed by atoms with Crippen molar-refractivity contribution in [2.45, 2.75) is 11.3 Å². The zero-order valence-electron chi connectivity index (χ0n) is 16.8. The SMILES string of the molecule is O=C(CN(c1ccc([N+](=O)[O-])cc1)S(=O)(=O)c1ccccc1)NCCc1ccc(Cl)cc1. The lowest BCUT2D eigenvalue weighted by Gasteiger charge is -2.24. The monoisotopic (exact) mass is 473 g/mol. The number of nitrogens with zero attached hydrogens (tertiary/aromatic N) is 2. The van der Waals surface area contributed by atoms with Crippen LogP contribution in [0.1, 0.15) is 5.56 Å². The quantitative estimate of drug-likeness (QED) is 0.375. The summed E-state index contributed by atoms with van der Waals surface area (Å²) in [7, 11) is -4.08. The Bertz CT molecular complexity index is 1180. The van der Waals surface area contributed by atoms with E-state index in [1.165, 1.54) is 36.4 Å². The third kappa shape index (κ3) is 5.83. The van der Waals surface area contributed by atoms with Gasteiger partial charge in [0.25, 0.3) is 15.7 Å². The molecule has 3 aromatic carbocycles. The van der Waals surface area contributed by atoms with Crippen molar-refractivity contribution < 1.29 is 18.1 Å². The van der Waals surface area contributed by atoms with Gasteiger partial charge in [-0.2, -0.15) is 0 Å². The fourth-order valence-corrected chi connectivity index (χ4v) is 4.53. The summed E-state index contributed by atoms with van der Waals surface area (Å²) in [5, 5.41) is 14.3. The number of halogens is 1. The van der Waals surface area contributed by atoms with Gasteiger partial charge in [0.05, 0.1) is 15.5 Å². The number of amides is 1. The largest absolute Gasteiger partial charge is 0.354 e. The molecule has 0 heterocycles. The molecule has 0 aliphatic carbocycles. The van der Waals surface area contributed by atoms with Crippen LogP contribution in [0.3, 0.4) is 0 Å². The smallest absolute Gasteiger partial charge is 0.269 e. The Balaban J connectivity index is 1.78. The summed E-state index contributed by atoms with van der Waals surface area (Å²) in [5.41, 5.74) is 0.935. The highest BCUT2D eigenvalue weighted by Crippen LogP contribution is 2.25. The van der Waals surface area contributed by atoms with E-state index in [1.807, 2.05) is 12.1 Å². The molecule has 32 heavy (non-hydrogen) atoms. The number of rotatable bonds is 9. The van der Waals surface area contributed by atoms with Gasteiger partial charge in [0.15, 0.2) is 0 Å². The van der Waals surface area contributed by atoms with Crippen molar-refractivity contribution in [1.29, 1.82) is 0 Å². The average Bonchev–Trinajstić information content (AvgIpc) is 2.79. The minimum Gasteiger partial charge on any atom is -0.354 e. The summed E-state index contributed by atoms with van der Waals surface area (Å²) in [6.45, 7) is -0.171. The highest BCUT2D eigenvalue weighted by atomic mass is 35.5. The number of nitro benzene ring substituents is 1. The number of sulfonamides is 1. The molecule has 0 radical (unpaired) electrons. The molecular formula is C22H20ClN3O5S. The molecule has 0 atom stereocenters. The zero-order chi connectivity index (χ0) is 23.1. The van der Waals surface area contributed by atoms with Crippen LogP contribution in [0.25, 0.3) is 0 Å². The predicted molar refractivity (Wildman–Crippen MR) is 122 cm³/mol. The number of carbonyl (C=O) groups is 1. The van der Waals surface area contributed by atoms with Crippen LogP contribution in [0, 0.1) is 10.1 Å². The molecule has 3 rings (SSSR count). The number of hydrogen-bond acceptors (Lipinski definition) is 5. The molecule has 1 amide bonds. The third-order valence-corrected chi connectivity index (χ3v) is 6.66. The first-order chi connectivity index (χ1) is 15.3. The maximum Gasteiger partial charge on any atom is 0.269 e. The predicted octanol–water partition coefficient (Wildman–Crippen LogP) is 3.80. The second-order valence-corrected chi connectivity index (χ2v) is 9.12.